The van der Waals surface area contributed by atoms with Crippen LogP contribution >= 0.6 is 0 Å². The van der Waals surface area contributed by atoms with E-state index in [4.69, 9.17) is 0 Å². The van der Waals surface area contributed by atoms with Crippen LogP contribution in [-0.4, -0.2) is 39.5 Å². The second kappa shape index (κ2) is 7.43. The van der Waals surface area contributed by atoms with Gasteiger partial charge in [-0.05, 0) is 44.7 Å². The quantitative estimate of drug-likeness (QED) is 0.832. The highest BCUT2D eigenvalue weighted by molar-refractivity contribution is 7.89. The number of alkyl halides is 3. The zero-order valence-corrected chi connectivity index (χ0v) is 13.6. The summed E-state index contributed by atoms with van der Waals surface area (Å²) >= 11 is 0. The Morgan fingerprint density at radius 3 is 2.23 bits per heavy atom. The third-order valence-corrected chi connectivity index (χ3v) is 5.07. The number of benzene rings is 1. The van der Waals surface area contributed by atoms with Gasteiger partial charge in [0.05, 0.1) is 10.5 Å². The molecule has 0 aromatic heterocycles. The normalized spacial score (nSPS) is 14.3. The maximum atomic E-state index is 12.4. The molecular formula is C14H21F3N2O2S. The molecule has 4 nitrogen and oxygen atoms in total. The Bertz CT molecular complexity index is 571. The van der Waals surface area contributed by atoms with Crippen molar-refractivity contribution in [1.82, 2.24) is 9.62 Å². The summed E-state index contributed by atoms with van der Waals surface area (Å²) < 4.78 is 63.7. The summed E-state index contributed by atoms with van der Waals surface area (Å²) in [7, 11) is -1.91. The zero-order valence-electron chi connectivity index (χ0n) is 12.8. The molecule has 1 rings (SSSR count). The average molecular weight is 338 g/mol. The average Bonchev–Trinajstić information content (AvgIpc) is 2.45. The Balaban J connectivity index is 2.67. The molecule has 1 aromatic carbocycles. The number of halogens is 3. The molecule has 0 saturated carbocycles. The van der Waals surface area contributed by atoms with E-state index in [9.17, 15) is 21.6 Å². The predicted molar refractivity (Wildman–Crippen MR) is 79.0 cm³/mol. The molecule has 8 heteroatoms. The van der Waals surface area contributed by atoms with Crippen molar-refractivity contribution in [3.63, 3.8) is 0 Å². The predicted octanol–water partition coefficient (Wildman–Crippen LogP) is 2.71. The molecule has 0 bridgehead atoms. The summed E-state index contributed by atoms with van der Waals surface area (Å²) in [6, 6.07) is 3.78. The van der Waals surface area contributed by atoms with E-state index in [2.05, 4.69) is 4.72 Å². The van der Waals surface area contributed by atoms with Crippen molar-refractivity contribution in [2.45, 2.75) is 37.4 Å². The van der Waals surface area contributed by atoms with Crippen molar-refractivity contribution in [3.05, 3.63) is 29.8 Å². The van der Waals surface area contributed by atoms with Crippen molar-refractivity contribution in [1.29, 1.82) is 0 Å². The van der Waals surface area contributed by atoms with Gasteiger partial charge in [0.25, 0.3) is 0 Å². The van der Waals surface area contributed by atoms with Gasteiger partial charge in [-0.1, -0.05) is 6.92 Å². The molecule has 1 aromatic rings. The number of rotatable bonds is 7. The molecule has 0 fully saturated rings. The van der Waals surface area contributed by atoms with Gasteiger partial charge in [0, 0.05) is 19.1 Å². The Morgan fingerprint density at radius 2 is 1.77 bits per heavy atom. The fourth-order valence-electron chi connectivity index (χ4n) is 1.79. The van der Waals surface area contributed by atoms with Crippen LogP contribution in [0.5, 0.6) is 0 Å². The highest BCUT2D eigenvalue weighted by atomic mass is 32.2. The number of hydrogen-bond donors (Lipinski definition) is 1. The summed E-state index contributed by atoms with van der Waals surface area (Å²) in [6.07, 6.45) is -3.53. The highest BCUT2D eigenvalue weighted by Crippen LogP contribution is 2.29. The fraction of sp³-hybridized carbons (Fsp3) is 0.571. The first-order valence-electron chi connectivity index (χ1n) is 6.95. The third-order valence-electron chi connectivity index (χ3n) is 3.59. The van der Waals surface area contributed by atoms with Crippen LogP contribution in [0.15, 0.2) is 29.2 Å². The number of nitrogens with zero attached hydrogens (tertiary/aromatic N) is 1. The van der Waals surface area contributed by atoms with E-state index < -0.39 is 21.8 Å². The van der Waals surface area contributed by atoms with Crippen LogP contribution in [0, 0.1) is 0 Å². The summed E-state index contributed by atoms with van der Waals surface area (Å²) in [5.41, 5.74) is -0.872. The van der Waals surface area contributed by atoms with Crippen molar-refractivity contribution < 1.29 is 21.6 Å². The molecule has 0 aliphatic carbocycles. The molecule has 1 unspecified atom stereocenters. The van der Waals surface area contributed by atoms with Gasteiger partial charge in [-0.2, -0.15) is 13.2 Å². The first-order valence-corrected chi connectivity index (χ1v) is 8.43. The lowest BCUT2D eigenvalue weighted by Crippen LogP contribution is -2.37. The second-order valence-corrected chi connectivity index (χ2v) is 6.92. The van der Waals surface area contributed by atoms with Crippen LogP contribution in [0.4, 0.5) is 13.2 Å². The number of likely N-dealkylation sites (N-methyl/N-ethyl adjacent to an activating group) is 1. The smallest absolute Gasteiger partial charge is 0.302 e. The van der Waals surface area contributed by atoms with E-state index in [1.807, 2.05) is 25.8 Å². The lowest BCUT2D eigenvalue weighted by atomic mass is 10.2. The minimum Gasteiger partial charge on any atom is -0.302 e. The van der Waals surface area contributed by atoms with Gasteiger partial charge in [0.15, 0.2) is 0 Å². The monoisotopic (exact) mass is 338 g/mol. The minimum absolute atomic E-state index is 0.174. The van der Waals surface area contributed by atoms with Gasteiger partial charge in [0.1, 0.15) is 0 Å². The molecule has 0 aliphatic rings. The first-order chi connectivity index (χ1) is 10.1. The van der Waals surface area contributed by atoms with Gasteiger partial charge >= 0.3 is 6.18 Å². The zero-order chi connectivity index (χ0) is 17.0. The van der Waals surface area contributed by atoms with Crippen LogP contribution in [0.25, 0.3) is 0 Å². The largest absolute Gasteiger partial charge is 0.416 e. The first kappa shape index (κ1) is 18.9. The molecule has 0 amide bonds. The molecule has 22 heavy (non-hydrogen) atoms. The fourth-order valence-corrected chi connectivity index (χ4v) is 2.82. The summed E-state index contributed by atoms with van der Waals surface area (Å²) in [5.74, 6) is 0. The van der Waals surface area contributed by atoms with Crippen LogP contribution in [-0.2, 0) is 16.2 Å². The van der Waals surface area contributed by atoms with Crippen LogP contribution < -0.4 is 4.72 Å². The lowest BCUT2D eigenvalue weighted by Gasteiger charge is -2.23. The van der Waals surface area contributed by atoms with Gasteiger partial charge < -0.3 is 4.90 Å². The van der Waals surface area contributed by atoms with Crippen molar-refractivity contribution in [2.75, 3.05) is 20.1 Å². The third kappa shape index (κ3) is 5.26. The second-order valence-electron chi connectivity index (χ2n) is 5.16. The molecule has 0 spiro atoms. The topological polar surface area (TPSA) is 49.4 Å². The van der Waals surface area contributed by atoms with E-state index in [-0.39, 0.29) is 11.4 Å². The molecule has 126 valence electrons. The molecule has 1 N–H and O–H groups in total. The van der Waals surface area contributed by atoms with Crippen LogP contribution in [0.1, 0.15) is 25.8 Å². The Kier molecular flexibility index (Phi) is 6.39. The van der Waals surface area contributed by atoms with Crippen LogP contribution in [0.3, 0.4) is 0 Å². The highest BCUT2D eigenvalue weighted by Gasteiger charge is 2.30. The lowest BCUT2D eigenvalue weighted by molar-refractivity contribution is -0.137. The summed E-state index contributed by atoms with van der Waals surface area (Å²) in [5, 5.41) is 0. The molecule has 1 atom stereocenters. The van der Waals surface area contributed by atoms with E-state index >= 15 is 0 Å². The number of hydrogen-bond acceptors (Lipinski definition) is 3. The summed E-state index contributed by atoms with van der Waals surface area (Å²) in [4.78, 5) is 1.83. The number of nitrogens with one attached hydrogen (secondary N) is 1. The van der Waals surface area contributed by atoms with Gasteiger partial charge in [0.2, 0.25) is 10.0 Å². The van der Waals surface area contributed by atoms with Crippen molar-refractivity contribution in [3.8, 4) is 0 Å². The van der Waals surface area contributed by atoms with Crippen molar-refractivity contribution >= 4 is 10.0 Å². The molecule has 0 heterocycles. The van der Waals surface area contributed by atoms with Gasteiger partial charge in [-0.3, -0.25) is 0 Å². The molecule has 0 aliphatic heterocycles. The Labute approximate surface area is 129 Å². The Morgan fingerprint density at radius 1 is 1.23 bits per heavy atom. The Hall–Kier alpha value is -1.12. The SMILES string of the molecule is CCC(C)N(C)CCNS(=O)(=O)c1ccc(C(F)(F)F)cc1. The standard InChI is InChI=1S/C14H21F3N2O2S/c1-4-11(2)19(3)10-9-18-22(20,21)13-7-5-12(6-8-13)14(15,16)17/h5-8,11,18H,4,9-10H2,1-3H3. The van der Waals surface area contributed by atoms with Gasteiger partial charge in [-0.15, -0.1) is 0 Å². The minimum atomic E-state index is -4.48. The number of sulfonamides is 1. The summed E-state index contributed by atoms with van der Waals surface area (Å²) in [6.45, 7) is 4.79. The molecule has 0 saturated heterocycles. The van der Waals surface area contributed by atoms with Gasteiger partial charge in [-0.25, -0.2) is 13.1 Å². The van der Waals surface area contributed by atoms with E-state index in [0.717, 1.165) is 30.7 Å². The van der Waals surface area contributed by atoms with E-state index in [0.29, 0.717) is 12.6 Å². The maximum Gasteiger partial charge on any atom is 0.416 e. The van der Waals surface area contributed by atoms with Crippen molar-refractivity contribution in [2.24, 2.45) is 0 Å². The van der Waals surface area contributed by atoms with E-state index in [1.165, 1.54) is 0 Å². The molecule has 0 radical (unpaired) electrons. The molecular weight excluding hydrogens is 317 g/mol. The maximum absolute atomic E-state index is 12.4. The van der Waals surface area contributed by atoms with Crippen LogP contribution in [0.2, 0.25) is 0 Å². The van der Waals surface area contributed by atoms with E-state index in [1.54, 1.807) is 0 Å².